The Bertz CT molecular complexity index is 1280. The van der Waals surface area contributed by atoms with Gasteiger partial charge in [0.2, 0.25) is 5.91 Å². The first-order chi connectivity index (χ1) is 40.5. The number of esters is 1. The number of aliphatic hydroxyl groups is 2. The fraction of sp³-hybridized carbons (Fsp3) is 0.921. The molecule has 0 rings (SSSR count). The second-order valence-corrected chi connectivity index (χ2v) is 26.0. The number of ether oxygens (including phenoxy) is 1. The Balaban J connectivity index is 3.33. The van der Waals surface area contributed by atoms with Crippen molar-refractivity contribution >= 4 is 11.9 Å². The SMILES string of the molecule is CCCCCCCCCCCCCCC/C=C/C(O)C(CO)NC(=O)CCCCCCCCCCCCCCCCCCC/C=C\CCCCCCCCCCCCCCCCCCCCOC(=O)CCCCCCCCCCCCC. The molecule has 3 N–H and O–H groups in total. The Morgan fingerprint density at radius 3 is 0.866 bits per heavy atom. The van der Waals surface area contributed by atoms with Crippen molar-refractivity contribution < 1.29 is 24.5 Å². The number of unbranched alkanes of at least 4 members (excludes halogenated alkanes) is 58. The minimum Gasteiger partial charge on any atom is -0.466 e. The summed E-state index contributed by atoms with van der Waals surface area (Å²) in [6.07, 6.45) is 91.6. The van der Waals surface area contributed by atoms with Crippen molar-refractivity contribution in [3.63, 3.8) is 0 Å². The minimum atomic E-state index is -0.841. The van der Waals surface area contributed by atoms with E-state index >= 15 is 0 Å². The van der Waals surface area contributed by atoms with Crippen LogP contribution in [0.2, 0.25) is 0 Å². The molecule has 0 radical (unpaired) electrons. The summed E-state index contributed by atoms with van der Waals surface area (Å²) < 4.78 is 5.48. The van der Waals surface area contributed by atoms with Crippen LogP contribution in [0.4, 0.5) is 0 Å². The smallest absolute Gasteiger partial charge is 0.305 e. The summed E-state index contributed by atoms with van der Waals surface area (Å²) in [5.74, 6) is -0.0382. The molecule has 0 aromatic heterocycles. The average Bonchev–Trinajstić information content (AvgIpc) is 3.48. The molecular formula is C76H147NO5. The van der Waals surface area contributed by atoms with Gasteiger partial charge < -0.3 is 20.3 Å². The maximum atomic E-state index is 12.5. The van der Waals surface area contributed by atoms with Crippen LogP contribution in [0.25, 0.3) is 0 Å². The van der Waals surface area contributed by atoms with Gasteiger partial charge in [-0.05, 0) is 57.8 Å². The van der Waals surface area contributed by atoms with E-state index in [2.05, 4.69) is 31.3 Å². The van der Waals surface area contributed by atoms with Crippen LogP contribution in [-0.2, 0) is 14.3 Å². The van der Waals surface area contributed by atoms with Crippen LogP contribution in [-0.4, -0.2) is 47.4 Å². The van der Waals surface area contributed by atoms with Gasteiger partial charge in [0.05, 0.1) is 25.4 Å². The van der Waals surface area contributed by atoms with Gasteiger partial charge in [0.15, 0.2) is 0 Å². The molecule has 1 amide bonds. The summed E-state index contributed by atoms with van der Waals surface area (Å²) in [4.78, 5) is 24.5. The van der Waals surface area contributed by atoms with E-state index in [-0.39, 0.29) is 18.5 Å². The molecule has 2 unspecified atom stereocenters. The summed E-state index contributed by atoms with van der Waals surface area (Å²) >= 11 is 0. The predicted molar refractivity (Wildman–Crippen MR) is 361 cm³/mol. The first-order valence-electron chi connectivity index (χ1n) is 37.6. The van der Waals surface area contributed by atoms with E-state index in [9.17, 15) is 19.8 Å². The van der Waals surface area contributed by atoms with E-state index in [1.54, 1.807) is 6.08 Å². The van der Waals surface area contributed by atoms with Crippen LogP contribution >= 0.6 is 0 Å². The molecule has 0 aliphatic carbocycles. The summed E-state index contributed by atoms with van der Waals surface area (Å²) in [5, 5.41) is 23.2. The highest BCUT2D eigenvalue weighted by Crippen LogP contribution is 2.19. The zero-order valence-corrected chi connectivity index (χ0v) is 55.8. The van der Waals surface area contributed by atoms with Gasteiger partial charge in [0.1, 0.15) is 0 Å². The first-order valence-corrected chi connectivity index (χ1v) is 37.6. The zero-order valence-electron chi connectivity index (χ0n) is 55.8. The van der Waals surface area contributed by atoms with Crippen LogP contribution in [0.1, 0.15) is 425 Å². The van der Waals surface area contributed by atoms with E-state index in [4.69, 9.17) is 4.74 Å². The van der Waals surface area contributed by atoms with Gasteiger partial charge in [0, 0.05) is 12.8 Å². The number of carbonyl (C=O) groups excluding carboxylic acids is 2. The second-order valence-electron chi connectivity index (χ2n) is 26.0. The molecule has 82 heavy (non-hydrogen) atoms. The van der Waals surface area contributed by atoms with Crippen molar-refractivity contribution in [2.24, 2.45) is 0 Å². The molecule has 0 heterocycles. The van der Waals surface area contributed by atoms with Crippen LogP contribution in [0.15, 0.2) is 24.3 Å². The molecule has 0 saturated heterocycles. The van der Waals surface area contributed by atoms with Crippen LogP contribution in [0.3, 0.4) is 0 Å². The van der Waals surface area contributed by atoms with Gasteiger partial charge in [-0.3, -0.25) is 9.59 Å². The summed E-state index contributed by atoms with van der Waals surface area (Å²) in [6, 6.07) is -0.624. The summed E-state index contributed by atoms with van der Waals surface area (Å²) in [5.41, 5.74) is 0. The van der Waals surface area contributed by atoms with E-state index in [1.807, 2.05) is 6.08 Å². The summed E-state index contributed by atoms with van der Waals surface area (Å²) in [7, 11) is 0. The Hall–Kier alpha value is -1.66. The van der Waals surface area contributed by atoms with E-state index < -0.39 is 12.1 Å². The fourth-order valence-electron chi connectivity index (χ4n) is 12.0. The van der Waals surface area contributed by atoms with Gasteiger partial charge >= 0.3 is 5.97 Å². The number of aliphatic hydroxyl groups excluding tert-OH is 2. The predicted octanol–water partition coefficient (Wildman–Crippen LogP) is 24.5. The standard InChI is InChI=1S/C76H147NO5/c1-3-5-7-9-11-13-15-16-42-45-49-52-56-60-64-68-74(79)73(72-78)77-75(80)69-65-61-57-53-50-46-43-40-38-36-34-32-30-28-26-24-22-20-18-17-19-21-23-25-27-29-31-33-35-37-39-41-44-47-51-55-59-63-67-71-82-76(81)70-66-62-58-54-48-14-12-10-8-6-4-2/h17-18,64,68,73-74,78-79H,3-16,19-63,65-67,69-72H2,1-2H3,(H,77,80)/b18-17-,68-64+. The Morgan fingerprint density at radius 1 is 0.329 bits per heavy atom. The number of allylic oxidation sites excluding steroid dienone is 3. The van der Waals surface area contributed by atoms with Gasteiger partial charge in [0.25, 0.3) is 0 Å². The van der Waals surface area contributed by atoms with Crippen LogP contribution in [0.5, 0.6) is 0 Å². The number of hydrogen-bond acceptors (Lipinski definition) is 5. The van der Waals surface area contributed by atoms with Crippen molar-refractivity contribution in [2.75, 3.05) is 13.2 Å². The van der Waals surface area contributed by atoms with Crippen molar-refractivity contribution in [2.45, 2.75) is 437 Å². The molecule has 0 aromatic carbocycles. The van der Waals surface area contributed by atoms with Crippen molar-refractivity contribution in [3.8, 4) is 0 Å². The molecule has 6 heteroatoms. The molecule has 0 aromatic rings. The van der Waals surface area contributed by atoms with Gasteiger partial charge in [-0.15, -0.1) is 0 Å². The minimum absolute atomic E-state index is 0.0226. The van der Waals surface area contributed by atoms with E-state index in [1.165, 1.54) is 360 Å². The van der Waals surface area contributed by atoms with Gasteiger partial charge in [-0.2, -0.15) is 0 Å². The zero-order chi connectivity index (χ0) is 59.2. The maximum absolute atomic E-state index is 12.5. The average molecular weight is 1160 g/mol. The first kappa shape index (κ1) is 80.3. The summed E-state index contributed by atoms with van der Waals surface area (Å²) in [6.45, 7) is 4.94. The van der Waals surface area contributed by atoms with Gasteiger partial charge in [-0.25, -0.2) is 0 Å². The van der Waals surface area contributed by atoms with Crippen LogP contribution < -0.4 is 5.32 Å². The molecule has 0 saturated carbocycles. The quantitative estimate of drug-likeness (QED) is 0.0320. The third kappa shape index (κ3) is 67.5. The van der Waals surface area contributed by atoms with Gasteiger partial charge in [-0.1, -0.05) is 378 Å². The highest BCUT2D eigenvalue weighted by molar-refractivity contribution is 5.76. The lowest BCUT2D eigenvalue weighted by Crippen LogP contribution is -2.45. The van der Waals surface area contributed by atoms with E-state index in [0.717, 1.165) is 38.5 Å². The molecule has 0 bridgehead atoms. The highest BCUT2D eigenvalue weighted by Gasteiger charge is 2.18. The molecule has 486 valence electrons. The fourth-order valence-corrected chi connectivity index (χ4v) is 12.0. The Labute approximate surface area is 513 Å². The Kier molecular flexibility index (Phi) is 70.4. The lowest BCUT2D eigenvalue weighted by Gasteiger charge is -2.20. The molecule has 0 fully saturated rings. The second kappa shape index (κ2) is 71.8. The normalized spacial score (nSPS) is 12.6. The highest BCUT2D eigenvalue weighted by atomic mass is 16.5. The number of hydrogen-bond donors (Lipinski definition) is 3. The molecular weight excluding hydrogens is 1010 g/mol. The molecule has 0 aliphatic heterocycles. The van der Waals surface area contributed by atoms with Crippen molar-refractivity contribution in [1.82, 2.24) is 5.32 Å². The number of nitrogens with one attached hydrogen (secondary N) is 1. The monoisotopic (exact) mass is 1150 g/mol. The third-order valence-corrected chi connectivity index (χ3v) is 17.7. The number of amides is 1. The van der Waals surface area contributed by atoms with Crippen molar-refractivity contribution in [1.29, 1.82) is 0 Å². The number of rotatable bonds is 71. The molecule has 0 aliphatic rings. The Morgan fingerprint density at radius 2 is 0.573 bits per heavy atom. The van der Waals surface area contributed by atoms with Crippen molar-refractivity contribution in [3.05, 3.63) is 24.3 Å². The molecule has 2 atom stereocenters. The maximum Gasteiger partial charge on any atom is 0.305 e. The molecule has 6 nitrogen and oxygen atoms in total. The van der Waals surface area contributed by atoms with Crippen LogP contribution in [0, 0.1) is 0 Å². The topological polar surface area (TPSA) is 95.9 Å². The third-order valence-electron chi connectivity index (χ3n) is 17.7. The lowest BCUT2D eigenvalue weighted by molar-refractivity contribution is -0.143. The lowest BCUT2D eigenvalue weighted by atomic mass is 10.0. The van der Waals surface area contributed by atoms with E-state index in [0.29, 0.717) is 19.4 Å². The molecule has 0 spiro atoms. The largest absolute Gasteiger partial charge is 0.466 e. The number of carbonyl (C=O) groups is 2.